The number of hydrogen-bond acceptors (Lipinski definition) is 12. The van der Waals surface area contributed by atoms with Gasteiger partial charge in [0.05, 0.1) is 50.4 Å². The Balaban J connectivity index is 0.000000606. The number of hydrogen-bond donors (Lipinski definition) is 4. The maximum absolute atomic E-state index is 9.54. The van der Waals surface area contributed by atoms with Crippen molar-refractivity contribution in [3.8, 4) is 17.7 Å². The van der Waals surface area contributed by atoms with Gasteiger partial charge >= 0.3 is 0 Å². The quantitative estimate of drug-likeness (QED) is 0.113. The third kappa shape index (κ3) is 12.2. The second-order valence-corrected chi connectivity index (χ2v) is 12.3. The maximum Gasteiger partial charge on any atom is 0.256 e. The van der Waals surface area contributed by atoms with E-state index in [1.54, 1.807) is 36.8 Å². The zero-order chi connectivity index (χ0) is 35.4. The summed E-state index contributed by atoms with van der Waals surface area (Å²) in [6.45, 7) is 8.84. The van der Waals surface area contributed by atoms with Crippen LogP contribution in [0.15, 0.2) is 62.8 Å². The molecule has 6 N–H and O–H groups in total. The zero-order valence-corrected chi connectivity index (χ0v) is 29.0. The summed E-state index contributed by atoms with van der Waals surface area (Å²) in [6, 6.07) is 9.20. The molecule has 2 saturated heterocycles. The predicted molar refractivity (Wildman–Crippen MR) is 201 cm³/mol. The molecule has 3 atom stereocenters. The van der Waals surface area contributed by atoms with E-state index in [0.717, 1.165) is 37.3 Å². The van der Waals surface area contributed by atoms with Crippen LogP contribution in [0.3, 0.4) is 0 Å². The molecule has 2 aliphatic heterocycles. The van der Waals surface area contributed by atoms with Gasteiger partial charge < -0.3 is 36.3 Å². The summed E-state index contributed by atoms with van der Waals surface area (Å²) < 4.78 is 19.2. The Kier molecular flexibility index (Phi) is 16.0. The van der Waals surface area contributed by atoms with Crippen LogP contribution < -0.4 is 31.6 Å². The highest BCUT2D eigenvalue weighted by Crippen LogP contribution is 2.32. The molecule has 1 aromatic heterocycles. The average Bonchev–Trinajstić information content (AvgIpc) is 3.71. The number of nitrogens with zero attached hydrogens (tertiary/aromatic N) is 7. The molecular formula is C36H51N11O3. The number of fused-ring (bicyclic) bond motifs is 2. The monoisotopic (exact) mass is 685 g/mol. The molecule has 50 heavy (non-hydrogen) atoms. The van der Waals surface area contributed by atoms with Crippen LogP contribution in [0.4, 0.5) is 5.69 Å². The molecule has 0 spiro atoms. The van der Waals surface area contributed by atoms with Crippen LogP contribution in [0, 0.1) is 11.3 Å². The number of benzene rings is 1. The summed E-state index contributed by atoms with van der Waals surface area (Å²) in [5.74, 6) is 0.961. The first-order valence-electron chi connectivity index (χ1n) is 17.3. The van der Waals surface area contributed by atoms with Crippen molar-refractivity contribution in [3.05, 3.63) is 54.0 Å². The fourth-order valence-corrected chi connectivity index (χ4v) is 5.94. The number of nitriles is 1. The standard InChI is InChI=1S/C30H40N10O2.C6H11NO/c1-23(17-36-21-33)42-29-15-24(9-10-25(29)16-32)26(18-34-2)19-37-22-38-28-20-40(27-7-4-3-5-8-27)39-30(28)41-14-13-35-12-6-11-31;1-2-6-4-8-3-5(1)7-6/h6,9-12,15,18-21,23,27,38H,2-5,7-8,13-14,17,22,31H2,1H3,(H2,33,36);5-7H,1-4H2/b11-6-,26-18+,35-12?,37-19-;/t23-;/m0./s1. The predicted octanol–water partition coefficient (Wildman–Crippen LogP) is 4.26. The summed E-state index contributed by atoms with van der Waals surface area (Å²) in [7, 11) is 0. The molecule has 0 radical (unpaired) electrons. The molecule has 14 heteroatoms. The number of aromatic nitrogens is 2. The van der Waals surface area contributed by atoms with E-state index in [2.05, 4.69) is 43.4 Å². The number of nitrogens with one attached hydrogen (secondary N) is 2. The lowest BCUT2D eigenvalue weighted by Gasteiger charge is -2.21. The Bertz CT molecular complexity index is 1520. The van der Waals surface area contributed by atoms with Crippen LogP contribution >= 0.6 is 0 Å². The summed E-state index contributed by atoms with van der Waals surface area (Å²) in [4.78, 5) is 16.7. The van der Waals surface area contributed by atoms with Crippen molar-refractivity contribution in [2.45, 2.75) is 76.1 Å². The summed E-state index contributed by atoms with van der Waals surface area (Å²) in [5, 5.41) is 21.1. The van der Waals surface area contributed by atoms with Gasteiger partial charge in [-0.05, 0) is 69.3 Å². The van der Waals surface area contributed by atoms with Crippen molar-refractivity contribution in [2.24, 2.45) is 31.4 Å². The molecule has 2 unspecified atom stereocenters. The van der Waals surface area contributed by atoms with Crippen LogP contribution in [-0.2, 0) is 4.74 Å². The third-order valence-corrected chi connectivity index (χ3v) is 8.43. The topological polar surface area (TPSA) is 195 Å². The smallest absolute Gasteiger partial charge is 0.256 e. The van der Waals surface area contributed by atoms with Crippen molar-refractivity contribution in [2.75, 3.05) is 44.9 Å². The fraction of sp³-hybridized carbons (Fsp3) is 0.500. The van der Waals surface area contributed by atoms with Gasteiger partial charge in [0.25, 0.3) is 5.88 Å². The van der Waals surface area contributed by atoms with Gasteiger partial charge in [0.15, 0.2) is 0 Å². The van der Waals surface area contributed by atoms with E-state index in [1.807, 2.05) is 23.9 Å². The van der Waals surface area contributed by atoms with Gasteiger partial charge in [-0.15, -0.1) is 5.10 Å². The Morgan fingerprint density at radius 3 is 2.68 bits per heavy atom. The van der Waals surface area contributed by atoms with E-state index < -0.39 is 0 Å². The van der Waals surface area contributed by atoms with E-state index in [9.17, 15) is 5.26 Å². The third-order valence-electron chi connectivity index (χ3n) is 8.43. The number of allylic oxidation sites excluding steroid dienone is 2. The van der Waals surface area contributed by atoms with E-state index in [-0.39, 0.29) is 12.8 Å². The number of morpholine rings is 1. The summed E-state index contributed by atoms with van der Waals surface area (Å²) >= 11 is 0. The van der Waals surface area contributed by atoms with Crippen LogP contribution in [0.5, 0.6) is 11.6 Å². The van der Waals surface area contributed by atoms with Crippen molar-refractivity contribution >= 4 is 36.7 Å². The van der Waals surface area contributed by atoms with E-state index in [1.165, 1.54) is 44.6 Å². The minimum atomic E-state index is -0.268. The van der Waals surface area contributed by atoms with Gasteiger partial charge in [-0.2, -0.15) is 5.26 Å². The summed E-state index contributed by atoms with van der Waals surface area (Å²) in [6.07, 6.45) is 19.5. The average molecular weight is 686 g/mol. The first-order chi connectivity index (χ1) is 24.5. The highest BCUT2D eigenvalue weighted by Gasteiger charge is 2.27. The van der Waals surface area contributed by atoms with Crippen LogP contribution in [0.25, 0.3) is 5.57 Å². The molecule has 2 aromatic rings. The Morgan fingerprint density at radius 2 is 1.98 bits per heavy atom. The first-order valence-corrected chi connectivity index (χ1v) is 17.3. The zero-order valence-electron chi connectivity index (χ0n) is 29.0. The number of ether oxygens (including phenoxy) is 3. The van der Waals surface area contributed by atoms with Gasteiger partial charge in [-0.25, -0.2) is 0 Å². The van der Waals surface area contributed by atoms with Gasteiger partial charge in [0.2, 0.25) is 0 Å². The molecule has 3 heterocycles. The Labute approximate surface area is 295 Å². The lowest BCUT2D eigenvalue weighted by molar-refractivity contribution is 0.0728. The van der Waals surface area contributed by atoms with Crippen LogP contribution in [-0.4, -0.2) is 93.0 Å². The molecule has 268 valence electrons. The number of anilines is 1. The molecule has 5 rings (SSSR count). The van der Waals surface area contributed by atoms with E-state index in [4.69, 9.17) is 30.8 Å². The molecule has 3 aliphatic rings. The maximum atomic E-state index is 9.54. The van der Waals surface area contributed by atoms with E-state index in [0.29, 0.717) is 60.6 Å². The number of nitrogens with two attached hydrogens (primary N) is 2. The molecule has 2 bridgehead atoms. The largest absolute Gasteiger partial charge is 0.487 e. The molecular weight excluding hydrogens is 634 g/mol. The highest BCUT2D eigenvalue weighted by molar-refractivity contribution is 6.10. The Morgan fingerprint density at radius 1 is 1.18 bits per heavy atom. The Hall–Kier alpha value is -5.00. The van der Waals surface area contributed by atoms with Gasteiger partial charge in [0, 0.05) is 36.3 Å². The van der Waals surface area contributed by atoms with Gasteiger partial charge in [-0.1, -0.05) is 25.3 Å². The lowest BCUT2D eigenvalue weighted by Crippen LogP contribution is -2.41. The normalized spacial score (nSPS) is 20.2. The fourth-order valence-electron chi connectivity index (χ4n) is 5.94. The molecule has 14 nitrogen and oxygen atoms in total. The van der Waals surface area contributed by atoms with Crippen molar-refractivity contribution < 1.29 is 14.2 Å². The van der Waals surface area contributed by atoms with Crippen molar-refractivity contribution in [1.29, 1.82) is 5.26 Å². The molecule has 1 aliphatic carbocycles. The minimum absolute atomic E-state index is 0.268. The first kappa shape index (κ1) is 37.8. The second-order valence-electron chi connectivity index (χ2n) is 12.3. The van der Waals surface area contributed by atoms with Gasteiger partial charge in [0.1, 0.15) is 36.9 Å². The molecule has 0 amide bonds. The second kappa shape index (κ2) is 21.2. The SMILES string of the molecule is C1CC2COCC1N2.C=N/C=C(\C=N/CNc1cn(C2CCCCC2)nc1OCCN=C/C=C\N)c1ccc(C#N)c(O[C@@H](C)CN=CN)c1. The number of rotatable bonds is 16. The van der Waals surface area contributed by atoms with Crippen LogP contribution in [0.2, 0.25) is 0 Å². The lowest BCUT2D eigenvalue weighted by atomic mass is 9.96. The minimum Gasteiger partial charge on any atom is -0.487 e. The molecule has 3 fully saturated rings. The van der Waals surface area contributed by atoms with Crippen LogP contribution in [0.1, 0.15) is 69.0 Å². The van der Waals surface area contributed by atoms with E-state index >= 15 is 0 Å². The highest BCUT2D eigenvalue weighted by atomic mass is 16.5. The summed E-state index contributed by atoms with van der Waals surface area (Å²) in [5.41, 5.74) is 13.3. The van der Waals surface area contributed by atoms with Gasteiger partial charge in [-0.3, -0.25) is 24.7 Å². The molecule has 1 aromatic carbocycles. The van der Waals surface area contributed by atoms with Crippen molar-refractivity contribution in [1.82, 2.24) is 15.1 Å². The molecule has 1 saturated carbocycles. The number of aliphatic imine (C=N–C) groups is 4. The van der Waals surface area contributed by atoms with Crippen molar-refractivity contribution in [3.63, 3.8) is 0 Å².